The molecule has 1 aromatic heterocycles. The van der Waals surface area contributed by atoms with Crippen molar-refractivity contribution in [2.24, 2.45) is 0 Å². The molecular weight excluding hydrogens is 328 g/mol. The summed E-state index contributed by atoms with van der Waals surface area (Å²) >= 11 is 1.15. The molecule has 1 heterocycles. The number of amides is 1. The number of nitrogens with one attached hydrogen (secondary N) is 1. The third kappa shape index (κ3) is 4.87. The van der Waals surface area contributed by atoms with Crippen molar-refractivity contribution in [3.05, 3.63) is 52.3 Å². The molecule has 0 atom stereocenters. The first-order valence-electron chi connectivity index (χ1n) is 7.06. The lowest BCUT2D eigenvalue weighted by Crippen LogP contribution is -2.20. The van der Waals surface area contributed by atoms with Crippen molar-refractivity contribution in [1.29, 1.82) is 0 Å². The molecule has 1 aromatic carbocycles. The van der Waals surface area contributed by atoms with E-state index < -0.39 is 5.97 Å². The number of anilines is 1. The lowest BCUT2D eigenvalue weighted by atomic mass is 10.2. The summed E-state index contributed by atoms with van der Waals surface area (Å²) in [5, 5.41) is 4.47. The van der Waals surface area contributed by atoms with Crippen LogP contribution in [0, 0.1) is 6.57 Å². The summed E-state index contributed by atoms with van der Waals surface area (Å²) in [7, 11) is 3.77. The molecule has 2 rings (SSSR count). The molecule has 0 aliphatic heterocycles. The van der Waals surface area contributed by atoms with Gasteiger partial charge in [-0.3, -0.25) is 10.1 Å². The minimum absolute atomic E-state index is 0.164. The monoisotopic (exact) mass is 344 g/mol. The van der Waals surface area contributed by atoms with Crippen LogP contribution >= 0.6 is 11.3 Å². The third-order valence-corrected chi connectivity index (χ3v) is 3.72. The van der Waals surface area contributed by atoms with Gasteiger partial charge in [0, 0.05) is 17.5 Å². The van der Waals surface area contributed by atoms with Crippen LogP contribution in [0.25, 0.3) is 4.85 Å². The number of ether oxygens (including phenoxy) is 1. The number of nitrogens with zero attached hydrogens (tertiary/aromatic N) is 3. The second kappa shape index (κ2) is 8.19. The van der Waals surface area contributed by atoms with E-state index in [4.69, 9.17) is 11.3 Å². The predicted octanol–water partition coefficient (Wildman–Crippen LogP) is 2.66. The Hall–Kier alpha value is -2.76. The van der Waals surface area contributed by atoms with E-state index in [9.17, 15) is 9.59 Å². The zero-order valence-corrected chi connectivity index (χ0v) is 14.1. The minimum Gasteiger partial charge on any atom is -0.460 e. The van der Waals surface area contributed by atoms with Crippen LogP contribution in [0.4, 0.5) is 10.8 Å². The van der Waals surface area contributed by atoms with Gasteiger partial charge in [-0.15, -0.1) is 11.3 Å². The highest BCUT2D eigenvalue weighted by Crippen LogP contribution is 2.18. The Kier molecular flexibility index (Phi) is 6.01. The van der Waals surface area contributed by atoms with Gasteiger partial charge in [0.1, 0.15) is 6.61 Å². The molecule has 8 heteroatoms. The summed E-state index contributed by atoms with van der Waals surface area (Å²) in [5.41, 5.74) is 1.04. The van der Waals surface area contributed by atoms with E-state index in [-0.39, 0.29) is 18.2 Å². The van der Waals surface area contributed by atoms with Crippen LogP contribution in [-0.4, -0.2) is 49.0 Å². The van der Waals surface area contributed by atoms with Crippen molar-refractivity contribution in [2.75, 3.05) is 32.6 Å². The van der Waals surface area contributed by atoms with Gasteiger partial charge in [0.05, 0.1) is 6.57 Å². The van der Waals surface area contributed by atoms with Gasteiger partial charge >= 0.3 is 5.97 Å². The fourth-order valence-electron chi connectivity index (χ4n) is 1.68. The molecule has 0 radical (unpaired) electrons. The number of aromatic nitrogens is 1. The van der Waals surface area contributed by atoms with E-state index in [1.165, 1.54) is 5.38 Å². The van der Waals surface area contributed by atoms with Crippen molar-refractivity contribution in [1.82, 2.24) is 9.88 Å². The molecule has 0 bridgehead atoms. The smallest absolute Gasteiger partial charge is 0.357 e. The Bertz CT molecular complexity index is 762. The first-order chi connectivity index (χ1) is 11.5. The Morgan fingerprint density at radius 2 is 2.04 bits per heavy atom. The second-order valence-corrected chi connectivity index (χ2v) is 5.95. The van der Waals surface area contributed by atoms with Crippen molar-refractivity contribution in [3.8, 4) is 0 Å². The Labute approximate surface area is 143 Å². The number of hydrogen-bond acceptors (Lipinski definition) is 6. The van der Waals surface area contributed by atoms with Gasteiger partial charge in [-0.25, -0.2) is 14.6 Å². The van der Waals surface area contributed by atoms with Crippen LogP contribution < -0.4 is 5.32 Å². The van der Waals surface area contributed by atoms with Crippen LogP contribution in [-0.2, 0) is 4.74 Å². The number of thiazole rings is 1. The molecule has 0 aliphatic carbocycles. The first-order valence-corrected chi connectivity index (χ1v) is 7.94. The Morgan fingerprint density at radius 3 is 2.67 bits per heavy atom. The molecule has 2 aromatic rings. The number of hydrogen-bond donors (Lipinski definition) is 1. The molecule has 124 valence electrons. The van der Waals surface area contributed by atoms with Crippen LogP contribution in [0.15, 0.2) is 29.6 Å². The van der Waals surface area contributed by atoms with Crippen LogP contribution in [0.3, 0.4) is 0 Å². The van der Waals surface area contributed by atoms with Gasteiger partial charge in [0.2, 0.25) is 0 Å². The fourth-order valence-corrected chi connectivity index (χ4v) is 2.35. The molecule has 1 N–H and O–H groups in total. The fraction of sp³-hybridized carbons (Fsp3) is 0.250. The molecule has 0 saturated heterocycles. The highest BCUT2D eigenvalue weighted by molar-refractivity contribution is 7.14. The second-order valence-electron chi connectivity index (χ2n) is 5.09. The quantitative estimate of drug-likeness (QED) is 0.644. The van der Waals surface area contributed by atoms with Crippen molar-refractivity contribution in [2.45, 2.75) is 0 Å². The maximum atomic E-state index is 12.1. The predicted molar refractivity (Wildman–Crippen MR) is 91.6 cm³/mol. The average Bonchev–Trinajstić information content (AvgIpc) is 3.03. The van der Waals surface area contributed by atoms with E-state index in [1.54, 1.807) is 24.3 Å². The largest absolute Gasteiger partial charge is 0.460 e. The number of benzene rings is 1. The topological polar surface area (TPSA) is 75.9 Å². The maximum absolute atomic E-state index is 12.1. The molecule has 0 aliphatic rings. The number of rotatable bonds is 6. The molecule has 0 spiro atoms. The summed E-state index contributed by atoms with van der Waals surface area (Å²) in [6.07, 6.45) is 0. The minimum atomic E-state index is -0.519. The third-order valence-electron chi connectivity index (χ3n) is 2.96. The SMILES string of the molecule is [C-]#[N+]c1ccc(C(=O)Nc2nc(C(=O)OCCN(C)C)cs2)cc1. The van der Waals surface area contributed by atoms with Gasteiger partial charge in [-0.2, -0.15) is 0 Å². The van der Waals surface area contributed by atoms with Crippen molar-refractivity contribution >= 4 is 34.0 Å². The number of esters is 1. The normalized spacial score (nSPS) is 10.2. The molecule has 0 unspecified atom stereocenters. The molecule has 0 saturated carbocycles. The van der Waals surface area contributed by atoms with Crippen LogP contribution in [0.1, 0.15) is 20.8 Å². The Balaban J connectivity index is 1.94. The van der Waals surface area contributed by atoms with E-state index in [0.717, 1.165) is 11.3 Å². The lowest BCUT2D eigenvalue weighted by Gasteiger charge is -2.08. The molecular formula is C16H16N4O3S. The zero-order chi connectivity index (χ0) is 17.5. The molecule has 24 heavy (non-hydrogen) atoms. The highest BCUT2D eigenvalue weighted by Gasteiger charge is 2.14. The number of likely N-dealkylation sites (N-methyl/N-ethyl adjacent to an activating group) is 1. The van der Waals surface area contributed by atoms with E-state index in [0.29, 0.717) is 22.9 Å². The number of carbonyl (C=O) groups excluding carboxylic acids is 2. The first kappa shape index (κ1) is 17.6. The summed E-state index contributed by atoms with van der Waals surface area (Å²) in [6.45, 7) is 7.79. The van der Waals surface area contributed by atoms with Gasteiger partial charge in [-0.1, -0.05) is 24.3 Å². The van der Waals surface area contributed by atoms with Crippen LogP contribution in [0.5, 0.6) is 0 Å². The average molecular weight is 344 g/mol. The molecule has 0 fully saturated rings. The van der Waals surface area contributed by atoms with Crippen LogP contribution in [0.2, 0.25) is 0 Å². The molecule has 7 nitrogen and oxygen atoms in total. The van der Waals surface area contributed by atoms with E-state index in [2.05, 4.69) is 15.1 Å². The standard InChI is InChI=1S/C16H16N4O3S/c1-17-12-6-4-11(5-7-12)14(21)19-16-18-13(10-24-16)15(22)23-9-8-20(2)3/h4-7,10H,8-9H2,2-3H3,(H,18,19,21). The summed E-state index contributed by atoms with van der Waals surface area (Å²) in [6, 6.07) is 6.26. The lowest BCUT2D eigenvalue weighted by molar-refractivity contribution is 0.0476. The molecule has 1 amide bonds. The van der Waals surface area contributed by atoms with Gasteiger partial charge < -0.3 is 9.64 Å². The van der Waals surface area contributed by atoms with Gasteiger partial charge in [0.25, 0.3) is 5.91 Å². The highest BCUT2D eigenvalue weighted by atomic mass is 32.1. The van der Waals surface area contributed by atoms with Gasteiger partial charge in [-0.05, 0) is 14.1 Å². The summed E-state index contributed by atoms with van der Waals surface area (Å²) in [4.78, 5) is 33.2. The number of carbonyl (C=O) groups is 2. The zero-order valence-electron chi connectivity index (χ0n) is 13.3. The van der Waals surface area contributed by atoms with Crippen molar-refractivity contribution in [3.63, 3.8) is 0 Å². The van der Waals surface area contributed by atoms with E-state index in [1.807, 2.05) is 19.0 Å². The van der Waals surface area contributed by atoms with Gasteiger partial charge in [0.15, 0.2) is 16.5 Å². The van der Waals surface area contributed by atoms with Crippen molar-refractivity contribution < 1.29 is 14.3 Å². The van der Waals surface area contributed by atoms with E-state index >= 15 is 0 Å². The Morgan fingerprint density at radius 1 is 1.33 bits per heavy atom. The summed E-state index contributed by atoms with van der Waals surface area (Å²) in [5.74, 6) is -0.872. The summed E-state index contributed by atoms with van der Waals surface area (Å²) < 4.78 is 5.09. The maximum Gasteiger partial charge on any atom is 0.357 e.